The van der Waals surface area contributed by atoms with Crippen LogP contribution in [0.1, 0.15) is 55.5 Å². The molecule has 3 N–H and O–H groups in total. The molecule has 1 heterocycles. The van der Waals surface area contributed by atoms with Crippen molar-refractivity contribution in [3.8, 4) is 0 Å². The van der Waals surface area contributed by atoms with Gasteiger partial charge in [-0.15, -0.1) is 24.0 Å². The number of carbonyl (C=O) groups is 1. The summed E-state index contributed by atoms with van der Waals surface area (Å²) in [5.74, 6) is 0.739. The Labute approximate surface area is 179 Å². The topological polar surface area (TPSA) is 74.8 Å². The van der Waals surface area contributed by atoms with Crippen molar-refractivity contribution in [2.24, 2.45) is 4.99 Å². The molecular formula is C20H33IN4O2. The van der Waals surface area contributed by atoms with E-state index in [4.69, 9.17) is 4.74 Å². The second kappa shape index (κ2) is 12.2. The zero-order valence-corrected chi connectivity index (χ0v) is 19.0. The number of halogens is 1. The van der Waals surface area contributed by atoms with Gasteiger partial charge in [-0.05, 0) is 43.9 Å². The van der Waals surface area contributed by atoms with Crippen LogP contribution in [0.4, 0.5) is 0 Å². The van der Waals surface area contributed by atoms with Gasteiger partial charge >= 0.3 is 0 Å². The van der Waals surface area contributed by atoms with Crippen LogP contribution in [-0.4, -0.2) is 44.2 Å². The van der Waals surface area contributed by atoms with E-state index in [9.17, 15) is 4.79 Å². The van der Waals surface area contributed by atoms with Gasteiger partial charge in [0.2, 0.25) is 0 Å². The molecule has 0 aromatic heterocycles. The second-order valence-corrected chi connectivity index (χ2v) is 6.99. The highest BCUT2D eigenvalue weighted by Crippen LogP contribution is 2.23. The number of hydrogen-bond acceptors (Lipinski definition) is 3. The van der Waals surface area contributed by atoms with Crippen LogP contribution in [0.5, 0.6) is 0 Å². The fraction of sp³-hybridized carbons (Fsp3) is 0.600. The minimum atomic E-state index is -0.107. The maximum Gasteiger partial charge on any atom is 0.251 e. The summed E-state index contributed by atoms with van der Waals surface area (Å²) in [6.07, 6.45) is 4.26. The number of guanidine groups is 1. The lowest BCUT2D eigenvalue weighted by Gasteiger charge is -2.24. The standard InChI is InChI=1S/C20H32N4O2.HI/c1-4-5-12-22-18(25)17-9-7-16(8-10-17)14-23-19(21-3)24-15-20(2)11-6-13-26-20;/h7-10H,4-6,11-15H2,1-3H3,(H,22,25)(H2,21,23,24);1H. The van der Waals surface area contributed by atoms with Gasteiger partial charge < -0.3 is 20.7 Å². The van der Waals surface area contributed by atoms with E-state index >= 15 is 0 Å². The van der Waals surface area contributed by atoms with E-state index in [1.165, 1.54) is 0 Å². The van der Waals surface area contributed by atoms with Crippen LogP contribution >= 0.6 is 24.0 Å². The van der Waals surface area contributed by atoms with Crippen molar-refractivity contribution in [2.45, 2.75) is 51.7 Å². The molecule has 1 aliphatic heterocycles. The number of hydrogen-bond donors (Lipinski definition) is 3. The van der Waals surface area contributed by atoms with E-state index in [0.29, 0.717) is 12.1 Å². The molecule has 1 saturated heterocycles. The molecule has 0 radical (unpaired) electrons. The van der Waals surface area contributed by atoms with Gasteiger partial charge in [-0.1, -0.05) is 25.5 Å². The number of carbonyl (C=O) groups excluding carboxylic acids is 1. The molecular weight excluding hydrogens is 455 g/mol. The molecule has 1 aromatic rings. The number of nitrogens with zero attached hydrogens (tertiary/aromatic N) is 1. The molecule has 7 heteroatoms. The van der Waals surface area contributed by atoms with Crippen molar-refractivity contribution < 1.29 is 9.53 Å². The second-order valence-electron chi connectivity index (χ2n) is 6.99. The van der Waals surface area contributed by atoms with E-state index in [-0.39, 0.29) is 35.5 Å². The maximum atomic E-state index is 12.0. The molecule has 1 fully saturated rings. The fourth-order valence-electron chi connectivity index (χ4n) is 2.91. The maximum absolute atomic E-state index is 12.0. The van der Waals surface area contributed by atoms with E-state index < -0.39 is 0 Å². The Bertz CT molecular complexity index is 599. The summed E-state index contributed by atoms with van der Waals surface area (Å²) in [5.41, 5.74) is 1.68. The molecule has 1 unspecified atom stereocenters. The molecule has 152 valence electrons. The molecule has 0 aliphatic carbocycles. The Balaban J connectivity index is 0.00000364. The number of rotatable bonds is 8. The summed E-state index contributed by atoms with van der Waals surface area (Å²) in [6.45, 7) is 7.19. The van der Waals surface area contributed by atoms with E-state index in [1.54, 1.807) is 7.05 Å². The van der Waals surface area contributed by atoms with Crippen molar-refractivity contribution in [3.05, 3.63) is 35.4 Å². The highest BCUT2D eigenvalue weighted by Gasteiger charge is 2.29. The Morgan fingerprint density at radius 2 is 1.96 bits per heavy atom. The van der Waals surface area contributed by atoms with Crippen LogP contribution < -0.4 is 16.0 Å². The number of amides is 1. The van der Waals surface area contributed by atoms with Gasteiger partial charge in [0.1, 0.15) is 0 Å². The Morgan fingerprint density at radius 1 is 1.22 bits per heavy atom. The molecule has 0 bridgehead atoms. The van der Waals surface area contributed by atoms with Crippen LogP contribution in [0, 0.1) is 0 Å². The van der Waals surface area contributed by atoms with Gasteiger partial charge in [-0.25, -0.2) is 0 Å². The summed E-state index contributed by atoms with van der Waals surface area (Å²) in [5, 5.41) is 9.56. The van der Waals surface area contributed by atoms with Gasteiger partial charge in [-0.3, -0.25) is 9.79 Å². The van der Waals surface area contributed by atoms with Crippen LogP contribution in [0.25, 0.3) is 0 Å². The average Bonchev–Trinajstić information content (AvgIpc) is 3.09. The lowest BCUT2D eigenvalue weighted by atomic mass is 10.0. The Hall–Kier alpha value is -1.35. The van der Waals surface area contributed by atoms with Crippen molar-refractivity contribution in [1.29, 1.82) is 0 Å². The van der Waals surface area contributed by atoms with Crippen LogP contribution in [0.2, 0.25) is 0 Å². The number of aliphatic imine (C=N–C) groups is 1. The number of nitrogens with one attached hydrogen (secondary N) is 3. The van der Waals surface area contributed by atoms with E-state index in [2.05, 4.69) is 34.8 Å². The van der Waals surface area contributed by atoms with Gasteiger partial charge in [0.25, 0.3) is 5.91 Å². The predicted molar refractivity (Wildman–Crippen MR) is 121 cm³/mol. The zero-order chi connectivity index (χ0) is 18.8. The molecule has 6 nitrogen and oxygen atoms in total. The van der Waals surface area contributed by atoms with Crippen LogP contribution in [0.15, 0.2) is 29.3 Å². The van der Waals surface area contributed by atoms with Crippen molar-refractivity contribution >= 4 is 35.8 Å². The minimum absolute atomic E-state index is 0. The lowest BCUT2D eigenvalue weighted by Crippen LogP contribution is -2.45. The number of unbranched alkanes of at least 4 members (excludes halogenated alkanes) is 1. The third-order valence-electron chi connectivity index (χ3n) is 4.65. The highest BCUT2D eigenvalue weighted by atomic mass is 127. The molecule has 1 aliphatic rings. The average molecular weight is 488 g/mol. The van der Waals surface area contributed by atoms with E-state index in [1.807, 2.05) is 24.3 Å². The minimum Gasteiger partial charge on any atom is -0.373 e. The first kappa shape index (κ1) is 23.7. The Kier molecular flexibility index (Phi) is 10.7. The highest BCUT2D eigenvalue weighted by molar-refractivity contribution is 14.0. The third-order valence-corrected chi connectivity index (χ3v) is 4.65. The molecule has 0 saturated carbocycles. The third kappa shape index (κ3) is 8.04. The van der Waals surface area contributed by atoms with Crippen LogP contribution in [-0.2, 0) is 11.3 Å². The predicted octanol–water partition coefficient (Wildman–Crippen LogP) is 3.07. The summed E-state index contributed by atoms with van der Waals surface area (Å²) >= 11 is 0. The molecule has 1 atom stereocenters. The Morgan fingerprint density at radius 3 is 2.56 bits per heavy atom. The SMILES string of the molecule is CCCCNC(=O)c1ccc(CNC(=NC)NCC2(C)CCCO2)cc1.I. The van der Waals surface area contributed by atoms with Crippen molar-refractivity contribution in [1.82, 2.24) is 16.0 Å². The first-order valence-electron chi connectivity index (χ1n) is 9.52. The normalized spacial score (nSPS) is 19.3. The van der Waals surface area contributed by atoms with Gasteiger partial charge in [0.05, 0.1) is 5.60 Å². The summed E-state index contributed by atoms with van der Waals surface area (Å²) in [4.78, 5) is 16.3. The zero-order valence-electron chi connectivity index (χ0n) is 16.6. The van der Waals surface area contributed by atoms with Crippen molar-refractivity contribution in [2.75, 3.05) is 26.7 Å². The summed E-state index contributed by atoms with van der Waals surface area (Å²) in [7, 11) is 1.76. The lowest BCUT2D eigenvalue weighted by molar-refractivity contribution is 0.0243. The number of ether oxygens (including phenoxy) is 1. The molecule has 1 aromatic carbocycles. The largest absolute Gasteiger partial charge is 0.373 e. The summed E-state index contributed by atoms with van der Waals surface area (Å²) < 4.78 is 5.79. The van der Waals surface area contributed by atoms with Crippen LogP contribution in [0.3, 0.4) is 0 Å². The van der Waals surface area contributed by atoms with E-state index in [0.717, 1.165) is 56.9 Å². The molecule has 1 amide bonds. The summed E-state index contributed by atoms with van der Waals surface area (Å²) in [6, 6.07) is 7.66. The molecule has 2 rings (SSSR count). The number of benzene rings is 1. The first-order valence-corrected chi connectivity index (χ1v) is 9.52. The van der Waals surface area contributed by atoms with Crippen molar-refractivity contribution in [3.63, 3.8) is 0 Å². The smallest absolute Gasteiger partial charge is 0.251 e. The fourth-order valence-corrected chi connectivity index (χ4v) is 2.91. The van der Waals surface area contributed by atoms with Gasteiger partial charge in [0, 0.05) is 38.9 Å². The first-order chi connectivity index (χ1) is 12.6. The quantitative estimate of drug-likeness (QED) is 0.228. The molecule has 0 spiro atoms. The van der Waals surface area contributed by atoms with Gasteiger partial charge in [0.15, 0.2) is 5.96 Å². The molecule has 27 heavy (non-hydrogen) atoms. The monoisotopic (exact) mass is 488 g/mol. The van der Waals surface area contributed by atoms with Gasteiger partial charge in [-0.2, -0.15) is 0 Å².